The normalized spacial score (nSPS) is 14.8. The number of hydrogen-bond acceptors (Lipinski definition) is 4. The Hall–Kier alpha value is -10.3. The van der Waals surface area contributed by atoms with E-state index < -0.39 is 0 Å². The van der Waals surface area contributed by atoms with E-state index in [1.54, 1.807) is 0 Å². The molecule has 10 heterocycles. The van der Waals surface area contributed by atoms with E-state index in [1.807, 2.05) is 0 Å². The van der Waals surface area contributed by atoms with Crippen molar-refractivity contribution in [1.82, 2.24) is 9.13 Å². The van der Waals surface area contributed by atoms with Crippen LogP contribution in [0, 0.1) is 0 Å². The molecule has 22 rings (SSSR count). The lowest BCUT2D eigenvalue weighted by molar-refractivity contribution is 0.487. The molecule has 0 amide bonds. The summed E-state index contributed by atoms with van der Waals surface area (Å²) in [5.41, 5.74) is 34.2. The molecule has 2 aromatic heterocycles. The fourth-order valence-corrected chi connectivity index (χ4v) is 17.5. The molecule has 12 aromatic carbocycles. The van der Waals surface area contributed by atoms with E-state index in [0.29, 0.717) is 0 Å². The lowest BCUT2D eigenvalue weighted by Gasteiger charge is -2.50. The van der Waals surface area contributed by atoms with Gasteiger partial charge in [-0.1, -0.05) is 170 Å². The van der Waals surface area contributed by atoms with E-state index in [2.05, 4.69) is 260 Å². The summed E-state index contributed by atoms with van der Waals surface area (Å²) in [6, 6.07) is 90.1. The van der Waals surface area contributed by atoms with E-state index >= 15 is 0 Å². The maximum absolute atomic E-state index is 7.79. The van der Waals surface area contributed by atoms with Crippen molar-refractivity contribution in [2.24, 2.45) is 0 Å². The number of ether oxygens (including phenoxy) is 1. The Morgan fingerprint density at radius 2 is 0.671 bits per heavy atom. The quantitative estimate of drug-likeness (QED) is 0.154. The van der Waals surface area contributed by atoms with Crippen molar-refractivity contribution in [3.05, 3.63) is 237 Å². The summed E-state index contributed by atoms with van der Waals surface area (Å²) >= 11 is 0. The fraction of sp³-hybridized carbons (Fsp3) is 0. The van der Waals surface area contributed by atoms with Crippen LogP contribution in [0.1, 0.15) is 0 Å². The van der Waals surface area contributed by atoms with Crippen LogP contribution in [-0.2, 0) is 0 Å². The molecule has 0 unspecified atom stereocenters. The molecule has 8 aliphatic heterocycles. The Morgan fingerprint density at radius 1 is 0.256 bits per heavy atom. The van der Waals surface area contributed by atoms with E-state index in [9.17, 15) is 0 Å². The van der Waals surface area contributed by atoms with Gasteiger partial charge in [-0.25, -0.2) is 0 Å². The van der Waals surface area contributed by atoms with Crippen molar-refractivity contribution in [2.45, 2.75) is 0 Å². The molecular formula is C72H39B4N5O. The molecule has 0 saturated carbocycles. The van der Waals surface area contributed by atoms with Gasteiger partial charge in [-0.05, 0) is 120 Å². The number of aromatic nitrogens is 2. The zero-order valence-corrected chi connectivity index (χ0v) is 44.0. The minimum Gasteiger partial charge on any atom is -0.458 e. The number of anilines is 9. The second-order valence-electron chi connectivity index (χ2n) is 23.7. The number of nitrogens with zero attached hydrogens (tertiary/aromatic N) is 5. The summed E-state index contributed by atoms with van der Waals surface area (Å²) in [6.07, 6.45) is 0. The highest BCUT2D eigenvalue weighted by atomic mass is 16.5. The maximum Gasteiger partial charge on any atom is 0.256 e. The Balaban J connectivity index is 0.866. The predicted octanol–water partition coefficient (Wildman–Crippen LogP) is 8.65. The van der Waals surface area contributed by atoms with Crippen LogP contribution in [0.15, 0.2) is 237 Å². The molecule has 0 atom stereocenters. The first-order valence-electron chi connectivity index (χ1n) is 28.9. The number of benzene rings is 12. The summed E-state index contributed by atoms with van der Waals surface area (Å²) in [5, 5.41) is 5.13. The highest BCUT2D eigenvalue weighted by Gasteiger charge is 2.54. The summed E-state index contributed by atoms with van der Waals surface area (Å²) in [5.74, 6) is 1.81. The highest BCUT2D eigenvalue weighted by Crippen LogP contribution is 2.51. The molecule has 14 aromatic rings. The molecule has 0 bridgehead atoms. The Bertz CT molecular complexity index is 5420. The second kappa shape index (κ2) is 14.2. The van der Waals surface area contributed by atoms with Crippen molar-refractivity contribution in [3.63, 3.8) is 0 Å². The van der Waals surface area contributed by atoms with Crippen LogP contribution in [0.3, 0.4) is 0 Å². The van der Waals surface area contributed by atoms with Gasteiger partial charge in [0.05, 0.1) is 11.0 Å². The Labute approximate surface area is 472 Å². The number of para-hydroxylation sites is 9. The molecule has 0 fully saturated rings. The van der Waals surface area contributed by atoms with Gasteiger partial charge < -0.3 is 28.6 Å². The van der Waals surface area contributed by atoms with Gasteiger partial charge in [0.25, 0.3) is 26.9 Å². The summed E-state index contributed by atoms with van der Waals surface area (Å²) < 4.78 is 13.0. The summed E-state index contributed by atoms with van der Waals surface area (Å²) in [4.78, 5) is 7.82. The van der Waals surface area contributed by atoms with Crippen LogP contribution in [0.2, 0.25) is 0 Å². The van der Waals surface area contributed by atoms with Gasteiger partial charge in [0.1, 0.15) is 11.5 Å². The minimum absolute atomic E-state index is 0.0281. The van der Waals surface area contributed by atoms with Crippen molar-refractivity contribution in [3.8, 4) is 22.9 Å². The van der Waals surface area contributed by atoms with Crippen molar-refractivity contribution in [1.29, 1.82) is 0 Å². The average molecular weight is 1030 g/mol. The third-order valence-corrected chi connectivity index (χ3v) is 20.3. The van der Waals surface area contributed by atoms with Gasteiger partial charge in [0, 0.05) is 107 Å². The second-order valence-corrected chi connectivity index (χ2v) is 23.7. The lowest BCUT2D eigenvalue weighted by atomic mass is 9.27. The molecular weight excluding hydrogens is 994 g/mol. The van der Waals surface area contributed by atoms with E-state index in [1.165, 1.54) is 160 Å². The van der Waals surface area contributed by atoms with Crippen LogP contribution < -0.4 is 85.0 Å². The van der Waals surface area contributed by atoms with Crippen LogP contribution in [-0.4, -0.2) is 36.0 Å². The maximum atomic E-state index is 7.79. The first-order chi connectivity index (χ1) is 40.8. The van der Waals surface area contributed by atoms with Crippen molar-refractivity contribution < 1.29 is 4.74 Å². The molecule has 0 N–H and O–H groups in total. The van der Waals surface area contributed by atoms with Gasteiger partial charge in [0.15, 0.2) is 0 Å². The molecule has 8 aliphatic rings. The number of hydrogen-bond donors (Lipinski definition) is 0. The third-order valence-electron chi connectivity index (χ3n) is 20.3. The molecule has 370 valence electrons. The molecule has 0 radical (unpaired) electrons. The van der Waals surface area contributed by atoms with Crippen LogP contribution in [0.5, 0.6) is 11.5 Å². The van der Waals surface area contributed by atoms with Gasteiger partial charge >= 0.3 is 0 Å². The van der Waals surface area contributed by atoms with Gasteiger partial charge in [-0.15, -0.1) is 0 Å². The Kier molecular flexibility index (Phi) is 7.21. The van der Waals surface area contributed by atoms with Crippen LogP contribution in [0.4, 0.5) is 51.2 Å². The third kappa shape index (κ3) is 4.59. The minimum atomic E-state index is -0.109. The monoisotopic (exact) mass is 1030 g/mol. The number of fused-ring (bicyclic) bond motifs is 26. The van der Waals surface area contributed by atoms with Gasteiger partial charge in [-0.3, -0.25) is 0 Å². The highest BCUT2D eigenvalue weighted by molar-refractivity contribution is 7.07. The smallest absolute Gasteiger partial charge is 0.256 e. The molecule has 0 aliphatic carbocycles. The molecule has 10 heteroatoms. The number of rotatable bonds is 1. The van der Waals surface area contributed by atoms with E-state index in [-0.39, 0.29) is 26.9 Å². The standard InChI is InChI=1S/C72H39B4N5O/c1-2-18-40(19-3-1)77-59-38-63-52(76-48-27-9-15-35-58(48)81-56-33-13-7-25-46(56)74-50-29-17-23-44-42-21-5-11-31-54(42)79(70(44)50)62-39-64(82-63)68(76)72(81)67(62)74)36-51(59)75-47-26-8-14-34-57(47)80-55-32-12-6-24-45(55)73-49-28-16-22-43-41-20-4-10-30-53(41)78(69(43)49)61-37-60(77)65(75)71(80)66(61)73/h1-39H. The topological polar surface area (TPSA) is 28.8 Å². The first kappa shape index (κ1) is 41.7. The van der Waals surface area contributed by atoms with Gasteiger partial charge in [-0.2, -0.15) is 0 Å². The van der Waals surface area contributed by atoms with Crippen LogP contribution >= 0.6 is 0 Å². The average Bonchev–Trinajstić information content (AvgIpc) is 1.68. The molecule has 0 spiro atoms. The first-order valence-corrected chi connectivity index (χ1v) is 28.9. The molecule has 0 saturated heterocycles. The summed E-state index contributed by atoms with van der Waals surface area (Å²) in [7, 11) is 0. The van der Waals surface area contributed by atoms with E-state index in [4.69, 9.17) is 4.74 Å². The SMILES string of the molecule is c1ccc(N2c3cc4c(cc3B3c5ccccc5N5c6ccccc6B6c7c(cc2c3c75)-n2c3ccccc3c3cccc6c32)B2c3ccccc3N3c5ccccc5B5c6c(cc(c2c63)O4)-n2c3ccccc3c3cccc5c32)cc1. The van der Waals surface area contributed by atoms with Crippen molar-refractivity contribution in [2.75, 3.05) is 14.7 Å². The zero-order valence-electron chi connectivity index (χ0n) is 44.0. The molecule has 6 nitrogen and oxygen atoms in total. The largest absolute Gasteiger partial charge is 0.458 e. The molecule has 82 heavy (non-hydrogen) atoms. The van der Waals surface area contributed by atoms with E-state index in [0.717, 1.165) is 22.9 Å². The van der Waals surface area contributed by atoms with Crippen molar-refractivity contribution >= 4 is 187 Å². The Morgan fingerprint density at radius 3 is 1.23 bits per heavy atom. The predicted molar refractivity (Wildman–Crippen MR) is 344 cm³/mol. The lowest BCUT2D eigenvalue weighted by Crippen LogP contribution is -2.69. The summed E-state index contributed by atoms with van der Waals surface area (Å²) in [6.45, 7) is -0.146. The zero-order chi connectivity index (χ0) is 52.5. The van der Waals surface area contributed by atoms with Gasteiger partial charge in [0.2, 0.25) is 0 Å². The fourth-order valence-electron chi connectivity index (χ4n) is 17.5. The van der Waals surface area contributed by atoms with Crippen LogP contribution in [0.25, 0.3) is 55.0 Å².